The number of hydrogen-bond acceptors (Lipinski definition) is 2. The van der Waals surface area contributed by atoms with E-state index in [9.17, 15) is 4.39 Å². The number of aromatic nitrogens is 1. The van der Waals surface area contributed by atoms with Crippen LogP contribution in [0.3, 0.4) is 0 Å². The molecule has 0 aliphatic rings. The predicted octanol–water partition coefficient (Wildman–Crippen LogP) is 1.31. The van der Waals surface area contributed by atoms with Gasteiger partial charge >= 0.3 is 0 Å². The van der Waals surface area contributed by atoms with Crippen molar-refractivity contribution in [3.63, 3.8) is 0 Å². The van der Waals surface area contributed by atoms with Gasteiger partial charge in [0.1, 0.15) is 5.67 Å². The summed E-state index contributed by atoms with van der Waals surface area (Å²) in [6, 6.07) is 5.45. The quantitative estimate of drug-likeness (QED) is 0.739. The van der Waals surface area contributed by atoms with Crippen molar-refractivity contribution in [3.8, 4) is 0 Å². The van der Waals surface area contributed by atoms with E-state index in [1.165, 1.54) is 6.92 Å². The van der Waals surface area contributed by atoms with Crippen molar-refractivity contribution in [2.45, 2.75) is 19.0 Å². The summed E-state index contributed by atoms with van der Waals surface area (Å²) in [4.78, 5) is 4.02. The van der Waals surface area contributed by atoms with Gasteiger partial charge < -0.3 is 5.73 Å². The summed E-state index contributed by atoms with van der Waals surface area (Å²) in [7, 11) is 0. The summed E-state index contributed by atoms with van der Waals surface area (Å²) >= 11 is 0. The Bertz CT molecular complexity index is 234. The van der Waals surface area contributed by atoms with Crippen molar-refractivity contribution in [2.24, 2.45) is 5.73 Å². The Hall–Kier alpha value is -0.960. The standard InChI is InChI=1S/C9H13FN2/c1-9(10,7-11)6-8-4-2-3-5-12-8/h2-5H,6-7,11H2,1H3. The van der Waals surface area contributed by atoms with Gasteiger partial charge in [0.2, 0.25) is 0 Å². The van der Waals surface area contributed by atoms with Gasteiger partial charge in [0.25, 0.3) is 0 Å². The zero-order valence-electron chi connectivity index (χ0n) is 7.13. The van der Waals surface area contributed by atoms with Crippen molar-refractivity contribution in [3.05, 3.63) is 30.1 Å². The highest BCUT2D eigenvalue weighted by molar-refractivity contribution is 5.06. The molecule has 0 amide bonds. The molecule has 0 aromatic carbocycles. The summed E-state index contributed by atoms with van der Waals surface area (Å²) < 4.78 is 13.3. The van der Waals surface area contributed by atoms with Gasteiger partial charge in [-0.3, -0.25) is 4.98 Å². The number of hydrogen-bond donors (Lipinski definition) is 1. The van der Waals surface area contributed by atoms with Crippen molar-refractivity contribution in [2.75, 3.05) is 6.54 Å². The van der Waals surface area contributed by atoms with Gasteiger partial charge in [0.15, 0.2) is 0 Å². The molecule has 2 N–H and O–H groups in total. The number of nitrogens with two attached hydrogens (primary N) is 1. The van der Waals surface area contributed by atoms with E-state index in [0.29, 0.717) is 0 Å². The first-order valence-electron chi connectivity index (χ1n) is 3.93. The minimum atomic E-state index is -1.34. The first-order chi connectivity index (χ1) is 5.64. The molecule has 0 aliphatic heterocycles. The van der Waals surface area contributed by atoms with E-state index in [2.05, 4.69) is 4.98 Å². The lowest BCUT2D eigenvalue weighted by atomic mass is 10.0. The van der Waals surface area contributed by atoms with E-state index in [4.69, 9.17) is 5.73 Å². The maximum Gasteiger partial charge on any atom is 0.125 e. The molecule has 2 nitrogen and oxygen atoms in total. The largest absolute Gasteiger partial charge is 0.328 e. The Morgan fingerprint density at radius 1 is 1.58 bits per heavy atom. The molecule has 0 fully saturated rings. The topological polar surface area (TPSA) is 38.9 Å². The second-order valence-electron chi connectivity index (χ2n) is 3.12. The number of pyridine rings is 1. The van der Waals surface area contributed by atoms with Gasteiger partial charge in [-0.05, 0) is 19.1 Å². The molecule has 1 rings (SSSR count). The van der Waals surface area contributed by atoms with E-state index in [0.717, 1.165) is 5.69 Å². The maximum atomic E-state index is 13.3. The van der Waals surface area contributed by atoms with E-state index in [1.54, 1.807) is 12.3 Å². The molecule has 66 valence electrons. The zero-order valence-corrected chi connectivity index (χ0v) is 7.13. The summed E-state index contributed by atoms with van der Waals surface area (Å²) in [5.41, 5.74) is 4.66. The van der Waals surface area contributed by atoms with Crippen LogP contribution in [-0.4, -0.2) is 17.2 Å². The van der Waals surface area contributed by atoms with Crippen LogP contribution < -0.4 is 5.73 Å². The number of nitrogens with zero attached hydrogens (tertiary/aromatic N) is 1. The fourth-order valence-electron chi connectivity index (χ4n) is 0.953. The fraction of sp³-hybridized carbons (Fsp3) is 0.444. The van der Waals surface area contributed by atoms with Gasteiger partial charge in [0.05, 0.1) is 0 Å². The third-order valence-electron chi connectivity index (χ3n) is 1.70. The molecule has 3 heteroatoms. The van der Waals surface area contributed by atoms with E-state index >= 15 is 0 Å². The predicted molar refractivity (Wildman–Crippen MR) is 46.5 cm³/mol. The monoisotopic (exact) mass is 168 g/mol. The highest BCUT2D eigenvalue weighted by atomic mass is 19.1. The molecule has 1 atom stereocenters. The fourth-order valence-corrected chi connectivity index (χ4v) is 0.953. The van der Waals surface area contributed by atoms with Gasteiger partial charge in [-0.25, -0.2) is 4.39 Å². The average Bonchev–Trinajstić information content (AvgIpc) is 2.06. The van der Waals surface area contributed by atoms with E-state index in [1.807, 2.05) is 12.1 Å². The van der Waals surface area contributed by atoms with E-state index in [-0.39, 0.29) is 13.0 Å². The third kappa shape index (κ3) is 2.58. The van der Waals surface area contributed by atoms with Crippen LogP contribution in [0.15, 0.2) is 24.4 Å². The second kappa shape index (κ2) is 3.63. The number of halogens is 1. The molecule has 0 radical (unpaired) electrons. The lowest BCUT2D eigenvalue weighted by molar-refractivity contribution is 0.198. The minimum Gasteiger partial charge on any atom is -0.328 e. The summed E-state index contributed by atoms with van der Waals surface area (Å²) in [5, 5.41) is 0. The van der Waals surface area contributed by atoms with Crippen LogP contribution in [0, 0.1) is 0 Å². The zero-order chi connectivity index (χ0) is 9.03. The molecule has 0 bridgehead atoms. The molecule has 0 aliphatic carbocycles. The Morgan fingerprint density at radius 3 is 2.83 bits per heavy atom. The Balaban J connectivity index is 2.64. The SMILES string of the molecule is CC(F)(CN)Cc1ccccn1. The summed E-state index contributed by atoms with van der Waals surface area (Å²) in [6.45, 7) is 1.52. The molecule has 1 heterocycles. The molecular weight excluding hydrogens is 155 g/mol. The minimum absolute atomic E-state index is 0.0313. The van der Waals surface area contributed by atoms with Crippen molar-refractivity contribution >= 4 is 0 Å². The van der Waals surface area contributed by atoms with Gasteiger partial charge in [-0.15, -0.1) is 0 Å². The van der Waals surface area contributed by atoms with Crippen LogP contribution in [0.5, 0.6) is 0 Å². The Morgan fingerprint density at radius 2 is 2.33 bits per heavy atom. The maximum absolute atomic E-state index is 13.3. The van der Waals surface area contributed by atoms with Crippen molar-refractivity contribution in [1.82, 2.24) is 4.98 Å². The summed E-state index contributed by atoms with van der Waals surface area (Å²) in [6.07, 6.45) is 1.94. The van der Waals surface area contributed by atoms with Crippen LogP contribution in [0.2, 0.25) is 0 Å². The Labute approximate surface area is 71.6 Å². The van der Waals surface area contributed by atoms with Crippen molar-refractivity contribution in [1.29, 1.82) is 0 Å². The molecule has 0 spiro atoms. The van der Waals surface area contributed by atoms with Crippen LogP contribution in [0.1, 0.15) is 12.6 Å². The molecule has 1 aromatic rings. The smallest absolute Gasteiger partial charge is 0.125 e. The first kappa shape index (κ1) is 9.13. The normalized spacial score (nSPS) is 15.6. The summed E-state index contributed by atoms with van der Waals surface area (Å²) in [5.74, 6) is 0. The first-order valence-corrected chi connectivity index (χ1v) is 3.93. The number of alkyl halides is 1. The van der Waals surface area contributed by atoms with Gasteiger partial charge in [-0.2, -0.15) is 0 Å². The third-order valence-corrected chi connectivity index (χ3v) is 1.70. The lowest BCUT2D eigenvalue weighted by Crippen LogP contribution is -2.31. The molecular formula is C9H13FN2. The molecule has 1 unspecified atom stereocenters. The highest BCUT2D eigenvalue weighted by Crippen LogP contribution is 2.13. The number of rotatable bonds is 3. The van der Waals surface area contributed by atoms with Crippen LogP contribution in [-0.2, 0) is 6.42 Å². The van der Waals surface area contributed by atoms with E-state index < -0.39 is 5.67 Å². The molecule has 0 saturated carbocycles. The molecule has 0 saturated heterocycles. The Kier molecular flexibility index (Phi) is 2.76. The molecule has 12 heavy (non-hydrogen) atoms. The average molecular weight is 168 g/mol. The van der Waals surface area contributed by atoms with Crippen LogP contribution in [0.4, 0.5) is 4.39 Å². The van der Waals surface area contributed by atoms with Crippen LogP contribution in [0.25, 0.3) is 0 Å². The highest BCUT2D eigenvalue weighted by Gasteiger charge is 2.21. The lowest BCUT2D eigenvalue weighted by Gasteiger charge is -2.16. The van der Waals surface area contributed by atoms with Gasteiger partial charge in [0, 0.05) is 24.9 Å². The molecule has 1 aromatic heterocycles. The van der Waals surface area contributed by atoms with Crippen LogP contribution >= 0.6 is 0 Å². The second-order valence-corrected chi connectivity index (χ2v) is 3.12. The van der Waals surface area contributed by atoms with Crippen molar-refractivity contribution < 1.29 is 4.39 Å². The van der Waals surface area contributed by atoms with Gasteiger partial charge in [-0.1, -0.05) is 6.07 Å².